The number of rotatable bonds is 7. The van der Waals surface area contributed by atoms with Crippen LogP contribution < -0.4 is 0 Å². The maximum absolute atomic E-state index is 13.2. The molecule has 0 atom stereocenters. The van der Waals surface area contributed by atoms with Crippen molar-refractivity contribution < 1.29 is 9.59 Å². The fourth-order valence-electron chi connectivity index (χ4n) is 5.23. The number of likely N-dealkylation sites (tertiary alicyclic amines) is 1. The van der Waals surface area contributed by atoms with Gasteiger partial charge in [-0.05, 0) is 35.3 Å². The predicted octanol–water partition coefficient (Wildman–Crippen LogP) is 4.48. The van der Waals surface area contributed by atoms with E-state index in [4.69, 9.17) is 10.2 Å². The summed E-state index contributed by atoms with van der Waals surface area (Å²) in [6.45, 7) is 11.0. The monoisotopic (exact) mass is 479 g/mol. The molecule has 0 spiro atoms. The summed E-state index contributed by atoms with van der Waals surface area (Å²) in [5.74, 6) is 0.487. The number of amides is 2. The van der Waals surface area contributed by atoms with Gasteiger partial charge in [-0.3, -0.25) is 14.6 Å². The third kappa shape index (κ3) is 4.58. The van der Waals surface area contributed by atoms with Crippen LogP contribution in [0.25, 0.3) is 0 Å². The van der Waals surface area contributed by atoms with E-state index < -0.39 is 0 Å². The van der Waals surface area contributed by atoms with Crippen LogP contribution in [0.2, 0.25) is 0 Å². The molecule has 2 aliphatic rings. The van der Waals surface area contributed by atoms with Crippen LogP contribution in [0.5, 0.6) is 0 Å². The Morgan fingerprint density at radius 2 is 1.94 bits per heavy atom. The SMILES string of the molecule is CC1(C)C(C(=O)N2CCC(c3nc(C(=O)N(CCC#N)Cc4cccnc4)cs3)CC2)C1(C)C. The summed E-state index contributed by atoms with van der Waals surface area (Å²) in [5, 5.41) is 11.8. The largest absolute Gasteiger partial charge is 0.342 e. The molecule has 0 bridgehead atoms. The number of hydrogen-bond donors (Lipinski definition) is 0. The zero-order valence-corrected chi connectivity index (χ0v) is 21.3. The molecule has 7 nitrogen and oxygen atoms in total. The van der Waals surface area contributed by atoms with E-state index >= 15 is 0 Å². The van der Waals surface area contributed by atoms with E-state index in [9.17, 15) is 9.59 Å². The van der Waals surface area contributed by atoms with E-state index in [1.165, 1.54) is 11.3 Å². The van der Waals surface area contributed by atoms with E-state index in [0.717, 1.165) is 36.5 Å². The molecule has 1 aliphatic carbocycles. The quantitative estimate of drug-likeness (QED) is 0.584. The number of thiazole rings is 1. The standard InChI is InChI=1S/C26H33N5O2S/c1-25(2)21(26(25,3)4)24(33)30-13-8-19(9-14-30)22-29-20(17-34-22)23(32)31(12-6-10-27)16-18-7-5-11-28-15-18/h5,7,11,15,17,19,21H,6,8-9,12-14,16H2,1-4H3. The molecule has 2 amide bonds. The number of aromatic nitrogens is 2. The van der Waals surface area contributed by atoms with Gasteiger partial charge in [0.15, 0.2) is 0 Å². The Bertz CT molecular complexity index is 1070. The van der Waals surface area contributed by atoms with Gasteiger partial charge < -0.3 is 9.80 Å². The normalized spacial score (nSPS) is 19.4. The first-order valence-corrected chi connectivity index (χ1v) is 12.8. The van der Waals surface area contributed by atoms with E-state index in [-0.39, 0.29) is 40.9 Å². The van der Waals surface area contributed by atoms with Crippen molar-refractivity contribution in [1.29, 1.82) is 5.26 Å². The first-order chi connectivity index (χ1) is 16.2. The summed E-state index contributed by atoms with van der Waals surface area (Å²) in [6.07, 6.45) is 5.44. The number of pyridine rings is 1. The van der Waals surface area contributed by atoms with Gasteiger partial charge in [-0.1, -0.05) is 33.8 Å². The molecule has 180 valence electrons. The fraction of sp³-hybridized carbons (Fsp3) is 0.577. The van der Waals surface area contributed by atoms with Crippen molar-refractivity contribution in [3.05, 3.63) is 46.2 Å². The molecule has 0 aromatic carbocycles. The summed E-state index contributed by atoms with van der Waals surface area (Å²) in [7, 11) is 0. The molecule has 2 fully saturated rings. The Morgan fingerprint density at radius 3 is 2.53 bits per heavy atom. The van der Waals surface area contributed by atoms with E-state index in [1.807, 2.05) is 22.4 Å². The number of hydrogen-bond acceptors (Lipinski definition) is 6. The van der Waals surface area contributed by atoms with Crippen molar-refractivity contribution in [3.8, 4) is 6.07 Å². The van der Waals surface area contributed by atoms with E-state index in [0.29, 0.717) is 18.8 Å². The third-order valence-electron chi connectivity index (χ3n) is 8.04. The number of nitrogens with zero attached hydrogens (tertiary/aromatic N) is 5. The first-order valence-electron chi connectivity index (χ1n) is 12.0. The summed E-state index contributed by atoms with van der Waals surface area (Å²) in [6, 6.07) is 5.88. The molecule has 1 saturated heterocycles. The fourth-order valence-corrected chi connectivity index (χ4v) is 6.19. The summed E-state index contributed by atoms with van der Waals surface area (Å²) in [5.41, 5.74) is 1.46. The van der Waals surface area contributed by atoms with Crippen LogP contribution in [0, 0.1) is 28.1 Å². The average molecular weight is 480 g/mol. The third-order valence-corrected chi connectivity index (χ3v) is 9.05. The average Bonchev–Trinajstić information content (AvgIpc) is 3.15. The van der Waals surface area contributed by atoms with Crippen LogP contribution in [0.3, 0.4) is 0 Å². The summed E-state index contributed by atoms with van der Waals surface area (Å²) in [4.78, 5) is 38.8. The van der Waals surface area contributed by atoms with Crippen LogP contribution >= 0.6 is 11.3 Å². The van der Waals surface area contributed by atoms with Crippen molar-refractivity contribution in [2.45, 2.75) is 59.4 Å². The lowest BCUT2D eigenvalue weighted by Gasteiger charge is -2.32. The van der Waals surface area contributed by atoms with Crippen LogP contribution in [-0.4, -0.2) is 51.2 Å². The maximum Gasteiger partial charge on any atom is 0.273 e. The van der Waals surface area contributed by atoms with Gasteiger partial charge in [0.1, 0.15) is 5.69 Å². The van der Waals surface area contributed by atoms with Crippen LogP contribution in [0.15, 0.2) is 29.9 Å². The van der Waals surface area contributed by atoms with Crippen molar-refractivity contribution in [3.63, 3.8) is 0 Å². The minimum atomic E-state index is -0.160. The second kappa shape index (κ2) is 9.46. The van der Waals surface area contributed by atoms with Gasteiger partial charge in [0.2, 0.25) is 5.91 Å². The summed E-state index contributed by atoms with van der Waals surface area (Å²) < 4.78 is 0. The van der Waals surface area contributed by atoms with Crippen LogP contribution in [0.4, 0.5) is 0 Å². The Balaban J connectivity index is 1.37. The van der Waals surface area contributed by atoms with Crippen LogP contribution in [0.1, 0.15) is 73.9 Å². The van der Waals surface area contributed by atoms with Crippen molar-refractivity contribution in [1.82, 2.24) is 19.8 Å². The smallest absolute Gasteiger partial charge is 0.273 e. The first kappa shape index (κ1) is 24.3. The second-order valence-corrected chi connectivity index (χ2v) is 11.4. The van der Waals surface area contributed by atoms with E-state index in [2.05, 4.69) is 38.7 Å². The topological polar surface area (TPSA) is 90.2 Å². The zero-order chi connectivity index (χ0) is 24.5. The highest BCUT2D eigenvalue weighted by atomic mass is 32.1. The minimum Gasteiger partial charge on any atom is -0.342 e. The summed E-state index contributed by atoms with van der Waals surface area (Å²) >= 11 is 1.52. The lowest BCUT2D eigenvalue weighted by atomic mass is 9.96. The van der Waals surface area contributed by atoms with Gasteiger partial charge in [-0.15, -0.1) is 11.3 Å². The molecule has 4 rings (SSSR count). The zero-order valence-electron chi connectivity index (χ0n) is 20.5. The maximum atomic E-state index is 13.2. The van der Waals surface area contributed by atoms with E-state index in [1.54, 1.807) is 17.3 Å². The molecule has 0 N–H and O–H groups in total. The highest BCUT2D eigenvalue weighted by molar-refractivity contribution is 7.09. The highest BCUT2D eigenvalue weighted by Gasteiger charge is 2.68. The van der Waals surface area contributed by atoms with Gasteiger partial charge in [-0.25, -0.2) is 4.98 Å². The van der Waals surface area contributed by atoms with Crippen molar-refractivity contribution in [2.75, 3.05) is 19.6 Å². The molecule has 3 heterocycles. The predicted molar refractivity (Wildman–Crippen MR) is 131 cm³/mol. The molecule has 0 radical (unpaired) electrons. The van der Waals surface area contributed by atoms with Crippen molar-refractivity contribution >= 4 is 23.2 Å². The molecule has 8 heteroatoms. The minimum absolute atomic E-state index is 0.0543. The molecule has 34 heavy (non-hydrogen) atoms. The highest BCUT2D eigenvalue weighted by Crippen LogP contribution is 2.68. The Morgan fingerprint density at radius 1 is 1.24 bits per heavy atom. The molecule has 1 saturated carbocycles. The Hall–Kier alpha value is -2.79. The lowest BCUT2D eigenvalue weighted by molar-refractivity contribution is -0.134. The number of carbonyl (C=O) groups excluding carboxylic acids is 2. The number of piperidine rings is 1. The van der Waals surface area contributed by atoms with Gasteiger partial charge in [0.05, 0.1) is 17.5 Å². The van der Waals surface area contributed by atoms with Crippen molar-refractivity contribution in [2.24, 2.45) is 16.7 Å². The molecular formula is C26H33N5O2S. The number of carbonyl (C=O) groups is 2. The van der Waals surface area contributed by atoms with Crippen LogP contribution in [-0.2, 0) is 11.3 Å². The van der Waals surface area contributed by atoms with Gasteiger partial charge in [0.25, 0.3) is 5.91 Å². The molecule has 2 aromatic heterocycles. The Labute approximate surface area is 205 Å². The molecule has 1 aliphatic heterocycles. The lowest BCUT2D eigenvalue weighted by Crippen LogP contribution is -2.40. The Kier molecular flexibility index (Phi) is 6.77. The van der Waals surface area contributed by atoms with Gasteiger partial charge in [-0.2, -0.15) is 5.26 Å². The second-order valence-electron chi connectivity index (χ2n) is 10.5. The molecule has 0 unspecified atom stereocenters. The van der Waals surface area contributed by atoms with Gasteiger partial charge >= 0.3 is 0 Å². The number of nitriles is 1. The van der Waals surface area contributed by atoms with Gasteiger partial charge in [0, 0.05) is 55.8 Å². The molecular weight excluding hydrogens is 446 g/mol. The molecule has 2 aromatic rings.